The van der Waals surface area contributed by atoms with Gasteiger partial charge in [0.1, 0.15) is 0 Å². The lowest BCUT2D eigenvalue weighted by Gasteiger charge is -2.22. The number of benzene rings is 1. The van der Waals surface area contributed by atoms with E-state index in [1.807, 2.05) is 0 Å². The molecule has 3 rings (SSSR count). The Balaban J connectivity index is 1.85. The topological polar surface area (TPSA) is 44.5 Å². The molecular formula is C19H30N4O. The Hall–Kier alpha value is -1.59. The van der Waals surface area contributed by atoms with Gasteiger partial charge in [-0.05, 0) is 70.9 Å². The van der Waals surface area contributed by atoms with Crippen LogP contribution in [0.2, 0.25) is 0 Å². The van der Waals surface area contributed by atoms with Crippen molar-refractivity contribution in [1.29, 1.82) is 0 Å². The number of hydrogen-bond donors (Lipinski definition) is 1. The molecule has 0 radical (unpaired) electrons. The largest absolute Gasteiger partial charge is 0.377 e. The molecule has 0 atom stereocenters. The smallest absolute Gasteiger partial charge is 0.173 e. The van der Waals surface area contributed by atoms with Crippen LogP contribution in [0.5, 0.6) is 0 Å². The summed E-state index contributed by atoms with van der Waals surface area (Å²) >= 11 is 0. The van der Waals surface area contributed by atoms with Crippen LogP contribution in [0.15, 0.2) is 16.7 Å². The van der Waals surface area contributed by atoms with Gasteiger partial charge in [-0.25, -0.2) is 0 Å². The van der Waals surface area contributed by atoms with Gasteiger partial charge < -0.3 is 19.6 Å². The number of aryl methyl sites for hydroxylation is 1. The average molecular weight is 330 g/mol. The highest BCUT2D eigenvalue weighted by atomic mass is 16.5. The first-order valence-corrected chi connectivity index (χ1v) is 8.99. The van der Waals surface area contributed by atoms with Gasteiger partial charge in [-0.3, -0.25) is 0 Å². The SMILES string of the molecule is CN(C)Cc1c(N(C)C)ccc2c(CCC3CCNCC3)noc12. The summed E-state index contributed by atoms with van der Waals surface area (Å²) < 4.78 is 5.80. The van der Waals surface area contributed by atoms with Gasteiger partial charge in [0.2, 0.25) is 0 Å². The molecule has 0 unspecified atom stereocenters. The lowest BCUT2D eigenvalue weighted by molar-refractivity contribution is 0.350. The molecule has 2 heterocycles. The van der Waals surface area contributed by atoms with Gasteiger partial charge in [-0.2, -0.15) is 0 Å². The summed E-state index contributed by atoms with van der Waals surface area (Å²) in [5.74, 6) is 0.820. The lowest BCUT2D eigenvalue weighted by atomic mass is 9.92. The van der Waals surface area contributed by atoms with Crippen molar-refractivity contribution in [2.75, 3.05) is 46.2 Å². The molecule has 0 amide bonds. The number of nitrogens with one attached hydrogen (secondary N) is 1. The van der Waals surface area contributed by atoms with Crippen molar-refractivity contribution in [3.63, 3.8) is 0 Å². The highest BCUT2D eigenvalue weighted by molar-refractivity contribution is 5.87. The fraction of sp³-hybridized carbons (Fsp3) is 0.632. The minimum Gasteiger partial charge on any atom is -0.377 e. The Bertz CT molecular complexity index is 671. The number of piperidine rings is 1. The number of nitrogens with zero attached hydrogens (tertiary/aromatic N) is 3. The Kier molecular flexibility index (Phi) is 5.41. The Morgan fingerprint density at radius 2 is 1.92 bits per heavy atom. The van der Waals surface area contributed by atoms with Crippen molar-refractivity contribution < 1.29 is 4.52 Å². The highest BCUT2D eigenvalue weighted by Gasteiger charge is 2.19. The molecule has 1 aromatic heterocycles. The molecule has 1 aliphatic rings. The summed E-state index contributed by atoms with van der Waals surface area (Å²) in [7, 11) is 8.34. The standard InChI is InChI=1S/C19H30N4O/c1-22(2)13-16-18(23(3)4)8-6-15-17(21-24-19(15)16)7-5-14-9-11-20-12-10-14/h6,8,14,20H,5,7,9-13H2,1-4H3. The van der Waals surface area contributed by atoms with Crippen LogP contribution in [0, 0.1) is 5.92 Å². The van der Waals surface area contributed by atoms with Crippen LogP contribution in [-0.2, 0) is 13.0 Å². The van der Waals surface area contributed by atoms with E-state index in [9.17, 15) is 0 Å². The van der Waals surface area contributed by atoms with E-state index >= 15 is 0 Å². The van der Waals surface area contributed by atoms with Gasteiger partial charge in [0.15, 0.2) is 5.58 Å². The minimum atomic E-state index is 0.820. The van der Waals surface area contributed by atoms with Crippen LogP contribution >= 0.6 is 0 Å². The minimum absolute atomic E-state index is 0.820. The molecule has 24 heavy (non-hydrogen) atoms. The number of hydrogen-bond acceptors (Lipinski definition) is 5. The van der Waals surface area contributed by atoms with Crippen molar-refractivity contribution >= 4 is 16.7 Å². The van der Waals surface area contributed by atoms with Gasteiger partial charge in [0.25, 0.3) is 0 Å². The molecule has 0 bridgehead atoms. The summed E-state index contributed by atoms with van der Waals surface area (Å²) in [6, 6.07) is 4.38. The number of rotatable bonds is 6. The molecule has 132 valence electrons. The van der Waals surface area contributed by atoms with Crippen LogP contribution in [0.25, 0.3) is 11.0 Å². The van der Waals surface area contributed by atoms with Crippen molar-refractivity contribution in [2.45, 2.75) is 32.2 Å². The molecule has 0 saturated carbocycles. The molecule has 1 N–H and O–H groups in total. The zero-order valence-electron chi connectivity index (χ0n) is 15.4. The summed E-state index contributed by atoms with van der Waals surface area (Å²) in [6.45, 7) is 3.17. The fourth-order valence-electron chi connectivity index (χ4n) is 3.68. The van der Waals surface area contributed by atoms with E-state index in [4.69, 9.17) is 4.52 Å². The van der Waals surface area contributed by atoms with Gasteiger partial charge in [-0.1, -0.05) is 5.16 Å². The van der Waals surface area contributed by atoms with Crippen molar-refractivity contribution in [2.24, 2.45) is 5.92 Å². The van der Waals surface area contributed by atoms with Crippen LogP contribution in [0.3, 0.4) is 0 Å². The first-order valence-electron chi connectivity index (χ1n) is 8.99. The zero-order valence-corrected chi connectivity index (χ0v) is 15.4. The van der Waals surface area contributed by atoms with Crippen LogP contribution in [0.1, 0.15) is 30.5 Å². The number of aromatic nitrogens is 1. The quantitative estimate of drug-likeness (QED) is 0.882. The summed E-state index contributed by atoms with van der Waals surface area (Å²) in [4.78, 5) is 4.33. The van der Waals surface area contributed by atoms with Gasteiger partial charge in [-0.15, -0.1) is 0 Å². The maximum Gasteiger partial charge on any atom is 0.173 e. The molecule has 1 saturated heterocycles. The maximum absolute atomic E-state index is 5.80. The first-order chi connectivity index (χ1) is 11.6. The van der Waals surface area contributed by atoms with Crippen molar-refractivity contribution in [3.8, 4) is 0 Å². The predicted molar refractivity (Wildman–Crippen MR) is 99.6 cm³/mol. The van der Waals surface area contributed by atoms with Gasteiger partial charge >= 0.3 is 0 Å². The third kappa shape index (κ3) is 3.73. The zero-order chi connectivity index (χ0) is 17.1. The van der Waals surface area contributed by atoms with E-state index in [1.165, 1.54) is 35.9 Å². The third-order valence-electron chi connectivity index (χ3n) is 5.00. The normalized spacial score (nSPS) is 16.2. The van der Waals surface area contributed by atoms with E-state index in [0.717, 1.165) is 43.2 Å². The molecule has 5 nitrogen and oxygen atoms in total. The average Bonchev–Trinajstić information content (AvgIpc) is 2.97. The van der Waals surface area contributed by atoms with Crippen molar-refractivity contribution in [3.05, 3.63) is 23.4 Å². The first kappa shape index (κ1) is 17.2. The maximum atomic E-state index is 5.80. The fourth-order valence-corrected chi connectivity index (χ4v) is 3.68. The Labute approximate surface area is 145 Å². The summed E-state index contributed by atoms with van der Waals surface area (Å²) in [6.07, 6.45) is 4.79. The van der Waals surface area contributed by atoms with E-state index in [0.29, 0.717) is 0 Å². The monoisotopic (exact) mass is 330 g/mol. The molecule has 1 aromatic carbocycles. The highest BCUT2D eigenvalue weighted by Crippen LogP contribution is 2.32. The van der Waals surface area contributed by atoms with Gasteiger partial charge in [0, 0.05) is 37.3 Å². The summed E-state index contributed by atoms with van der Waals surface area (Å²) in [5, 5.41) is 9.04. The van der Waals surface area contributed by atoms with Crippen LogP contribution in [-0.4, -0.2) is 51.3 Å². The third-order valence-corrected chi connectivity index (χ3v) is 5.00. The Morgan fingerprint density at radius 3 is 2.58 bits per heavy atom. The lowest BCUT2D eigenvalue weighted by Crippen LogP contribution is -2.27. The molecular weight excluding hydrogens is 300 g/mol. The number of anilines is 1. The molecule has 1 aliphatic heterocycles. The Morgan fingerprint density at radius 1 is 1.17 bits per heavy atom. The summed E-state index contributed by atoms with van der Waals surface area (Å²) in [5.41, 5.74) is 4.50. The number of fused-ring (bicyclic) bond motifs is 1. The molecule has 1 fully saturated rings. The second kappa shape index (κ2) is 7.53. The van der Waals surface area contributed by atoms with Gasteiger partial charge in [0.05, 0.1) is 5.69 Å². The van der Waals surface area contributed by atoms with Crippen molar-refractivity contribution in [1.82, 2.24) is 15.4 Å². The van der Waals surface area contributed by atoms with Crippen LogP contribution in [0.4, 0.5) is 5.69 Å². The molecule has 5 heteroatoms. The van der Waals surface area contributed by atoms with E-state index < -0.39 is 0 Å². The second-order valence-corrected chi connectivity index (χ2v) is 7.43. The molecule has 0 spiro atoms. The van der Waals surface area contributed by atoms with E-state index in [1.54, 1.807) is 0 Å². The molecule has 2 aromatic rings. The second-order valence-electron chi connectivity index (χ2n) is 7.43. The molecule has 0 aliphatic carbocycles. The van der Waals surface area contributed by atoms with E-state index in [2.05, 4.69) is 60.6 Å². The van der Waals surface area contributed by atoms with Crippen LogP contribution < -0.4 is 10.2 Å². The predicted octanol–water partition coefficient (Wildman–Crippen LogP) is 2.89. The van der Waals surface area contributed by atoms with E-state index in [-0.39, 0.29) is 0 Å².